The maximum Gasteiger partial charge on any atom is 0.338 e. The molecule has 2 aromatic rings. The first-order chi connectivity index (χ1) is 15.6. The van der Waals surface area contributed by atoms with Gasteiger partial charge in [0, 0.05) is 0 Å². The third kappa shape index (κ3) is 6.74. The van der Waals surface area contributed by atoms with Gasteiger partial charge in [0.15, 0.2) is 0 Å². The highest BCUT2D eigenvalue weighted by molar-refractivity contribution is 5.90. The molecule has 6 nitrogen and oxygen atoms in total. The molecule has 1 saturated carbocycles. The Morgan fingerprint density at radius 3 is 1.41 bits per heavy atom. The van der Waals surface area contributed by atoms with Crippen LogP contribution < -0.4 is 9.47 Å². The number of hydrogen-bond donors (Lipinski definition) is 0. The van der Waals surface area contributed by atoms with Gasteiger partial charge in [-0.05, 0) is 87.1 Å². The van der Waals surface area contributed by atoms with Crippen LogP contribution >= 0.6 is 0 Å². The molecule has 0 N–H and O–H groups in total. The fourth-order valence-corrected chi connectivity index (χ4v) is 3.96. The molecule has 1 aliphatic carbocycles. The summed E-state index contributed by atoms with van der Waals surface area (Å²) in [6.07, 6.45) is 4.10. The lowest BCUT2D eigenvalue weighted by Gasteiger charge is -2.30. The smallest absolute Gasteiger partial charge is 0.338 e. The average molecular weight is 441 g/mol. The van der Waals surface area contributed by atoms with Gasteiger partial charge in [0.2, 0.25) is 0 Å². The van der Waals surface area contributed by atoms with E-state index in [9.17, 15) is 9.59 Å². The summed E-state index contributed by atoms with van der Waals surface area (Å²) in [4.78, 5) is 24.9. The van der Waals surface area contributed by atoms with E-state index in [2.05, 4.69) is 0 Å². The van der Waals surface area contributed by atoms with E-state index in [1.165, 1.54) is 0 Å². The predicted molar refractivity (Wildman–Crippen MR) is 121 cm³/mol. The van der Waals surface area contributed by atoms with E-state index < -0.39 is 0 Å². The highest BCUT2D eigenvalue weighted by Crippen LogP contribution is 2.31. The van der Waals surface area contributed by atoms with Crippen molar-refractivity contribution in [3.63, 3.8) is 0 Å². The summed E-state index contributed by atoms with van der Waals surface area (Å²) in [5.41, 5.74) is 1.01. The van der Waals surface area contributed by atoms with Gasteiger partial charge < -0.3 is 18.9 Å². The predicted octanol–water partition coefficient (Wildman–Crippen LogP) is 5.30. The molecule has 2 unspecified atom stereocenters. The van der Waals surface area contributed by atoms with Gasteiger partial charge in [-0.15, -0.1) is 0 Å². The second-order valence-corrected chi connectivity index (χ2v) is 7.92. The second kappa shape index (κ2) is 12.1. The highest BCUT2D eigenvalue weighted by Gasteiger charge is 2.28. The number of carbonyl (C=O) groups is 2. The molecular weight excluding hydrogens is 408 g/mol. The van der Waals surface area contributed by atoms with E-state index in [0.29, 0.717) is 37.6 Å². The van der Waals surface area contributed by atoms with Crippen LogP contribution in [-0.4, -0.2) is 38.4 Å². The maximum absolute atomic E-state index is 12.4. The van der Waals surface area contributed by atoms with E-state index in [-0.39, 0.29) is 23.8 Å². The summed E-state index contributed by atoms with van der Waals surface area (Å²) in [6, 6.07) is 13.9. The van der Waals surface area contributed by atoms with Crippen molar-refractivity contribution in [3.8, 4) is 11.5 Å². The molecule has 0 aliphatic heterocycles. The van der Waals surface area contributed by atoms with Crippen molar-refractivity contribution in [1.29, 1.82) is 0 Å². The lowest BCUT2D eigenvalue weighted by Crippen LogP contribution is -2.29. The number of hydrogen-bond acceptors (Lipinski definition) is 6. The topological polar surface area (TPSA) is 71.1 Å². The Morgan fingerprint density at radius 2 is 1.06 bits per heavy atom. The van der Waals surface area contributed by atoms with Crippen LogP contribution in [0.5, 0.6) is 11.5 Å². The molecule has 0 radical (unpaired) electrons. The molecule has 172 valence electrons. The van der Waals surface area contributed by atoms with Crippen LogP contribution in [0.3, 0.4) is 0 Å². The molecule has 32 heavy (non-hydrogen) atoms. The van der Waals surface area contributed by atoms with E-state index in [1.54, 1.807) is 48.5 Å². The summed E-state index contributed by atoms with van der Waals surface area (Å²) in [5, 5.41) is 0. The molecule has 6 heteroatoms. The van der Waals surface area contributed by atoms with Crippen molar-refractivity contribution in [2.75, 3.05) is 26.4 Å². The van der Waals surface area contributed by atoms with Crippen molar-refractivity contribution >= 4 is 11.9 Å². The van der Waals surface area contributed by atoms with Gasteiger partial charge in [0.05, 0.1) is 37.6 Å². The van der Waals surface area contributed by atoms with Gasteiger partial charge in [-0.3, -0.25) is 0 Å². The second-order valence-electron chi connectivity index (χ2n) is 7.92. The maximum atomic E-state index is 12.4. The standard InChI is InChI=1S/C26H32O6/c1-3-29-23-13-9-19(10-14-23)25(27)31-17-21-7-5-6-8-22(21)18-32-26(28)20-11-15-24(16-12-20)30-4-2/h9-16,21-22H,3-8,17-18H2,1-2H3. The Balaban J connectivity index is 1.49. The Morgan fingerprint density at radius 1 is 0.688 bits per heavy atom. The van der Waals surface area contributed by atoms with Crippen molar-refractivity contribution in [1.82, 2.24) is 0 Å². The van der Waals surface area contributed by atoms with Gasteiger partial charge in [-0.2, -0.15) is 0 Å². The van der Waals surface area contributed by atoms with E-state index in [0.717, 1.165) is 37.2 Å². The van der Waals surface area contributed by atoms with Gasteiger partial charge in [-0.25, -0.2) is 9.59 Å². The molecule has 0 heterocycles. The summed E-state index contributed by atoms with van der Waals surface area (Å²) in [5.74, 6) is 1.14. The molecule has 1 fully saturated rings. The third-order valence-corrected chi connectivity index (χ3v) is 5.73. The molecule has 0 aromatic heterocycles. The normalized spacial score (nSPS) is 17.9. The Kier molecular flexibility index (Phi) is 8.96. The lowest BCUT2D eigenvalue weighted by atomic mass is 9.80. The van der Waals surface area contributed by atoms with Crippen molar-refractivity contribution in [2.24, 2.45) is 11.8 Å². The number of rotatable bonds is 10. The van der Waals surface area contributed by atoms with Crippen molar-refractivity contribution < 1.29 is 28.5 Å². The minimum atomic E-state index is -0.344. The number of esters is 2. The van der Waals surface area contributed by atoms with Gasteiger partial charge >= 0.3 is 11.9 Å². The molecule has 0 saturated heterocycles. The molecule has 0 bridgehead atoms. The van der Waals surface area contributed by atoms with Crippen molar-refractivity contribution in [3.05, 3.63) is 59.7 Å². The largest absolute Gasteiger partial charge is 0.494 e. The number of benzene rings is 2. The van der Waals surface area contributed by atoms with Crippen LogP contribution in [0, 0.1) is 11.8 Å². The van der Waals surface area contributed by atoms with Crippen molar-refractivity contribution in [2.45, 2.75) is 39.5 Å². The fraction of sp³-hybridized carbons (Fsp3) is 0.462. The minimum absolute atomic E-state index is 0.184. The van der Waals surface area contributed by atoms with Gasteiger partial charge in [0.25, 0.3) is 0 Å². The fourth-order valence-electron chi connectivity index (χ4n) is 3.96. The molecule has 3 rings (SSSR count). The molecule has 1 aliphatic rings. The Labute approximate surface area is 189 Å². The summed E-state index contributed by atoms with van der Waals surface area (Å²) >= 11 is 0. The number of ether oxygens (including phenoxy) is 4. The minimum Gasteiger partial charge on any atom is -0.494 e. The zero-order valence-corrected chi connectivity index (χ0v) is 18.9. The van der Waals surface area contributed by atoms with Crippen LogP contribution in [-0.2, 0) is 9.47 Å². The first kappa shape index (κ1) is 23.6. The Hall–Kier alpha value is -3.02. The summed E-state index contributed by atoms with van der Waals surface area (Å²) in [6.45, 7) is 5.65. The van der Waals surface area contributed by atoms with Crippen LogP contribution in [0.1, 0.15) is 60.2 Å². The lowest BCUT2D eigenvalue weighted by molar-refractivity contribution is 0.0139. The zero-order valence-electron chi connectivity index (χ0n) is 18.9. The van der Waals surface area contributed by atoms with E-state index in [4.69, 9.17) is 18.9 Å². The first-order valence-electron chi connectivity index (χ1n) is 11.4. The van der Waals surface area contributed by atoms with E-state index in [1.807, 2.05) is 13.8 Å². The van der Waals surface area contributed by atoms with Gasteiger partial charge in [-0.1, -0.05) is 12.8 Å². The molecule has 2 atom stereocenters. The van der Waals surface area contributed by atoms with Crippen LogP contribution in [0.2, 0.25) is 0 Å². The molecule has 0 spiro atoms. The van der Waals surface area contributed by atoms with E-state index >= 15 is 0 Å². The number of carbonyl (C=O) groups excluding carboxylic acids is 2. The monoisotopic (exact) mass is 440 g/mol. The van der Waals surface area contributed by atoms with Crippen LogP contribution in [0.4, 0.5) is 0 Å². The van der Waals surface area contributed by atoms with Crippen LogP contribution in [0.25, 0.3) is 0 Å². The molecular formula is C26H32O6. The summed E-state index contributed by atoms with van der Waals surface area (Å²) in [7, 11) is 0. The third-order valence-electron chi connectivity index (χ3n) is 5.73. The van der Waals surface area contributed by atoms with Gasteiger partial charge in [0.1, 0.15) is 11.5 Å². The SMILES string of the molecule is CCOc1ccc(C(=O)OCC2CCCCC2COC(=O)c2ccc(OCC)cc2)cc1. The first-order valence-corrected chi connectivity index (χ1v) is 11.4. The average Bonchev–Trinajstić information content (AvgIpc) is 2.83. The molecule has 2 aromatic carbocycles. The summed E-state index contributed by atoms with van der Waals surface area (Å²) < 4.78 is 22.0. The Bertz CT molecular complexity index is 785. The van der Waals surface area contributed by atoms with Crippen LogP contribution in [0.15, 0.2) is 48.5 Å². The molecule has 0 amide bonds. The highest BCUT2D eigenvalue weighted by atomic mass is 16.5. The quantitative estimate of drug-likeness (QED) is 0.467. The zero-order chi connectivity index (χ0) is 22.8.